The molecule has 8 nitrogen and oxygen atoms in total. The lowest BCUT2D eigenvalue weighted by molar-refractivity contribution is 0.0940. The number of aromatic nitrogens is 2. The highest BCUT2D eigenvalue weighted by atomic mass is 19.1. The fourth-order valence-electron chi connectivity index (χ4n) is 1.80. The second kappa shape index (κ2) is 6.12. The van der Waals surface area contributed by atoms with Crippen LogP contribution < -0.4 is 21.9 Å². The maximum atomic E-state index is 12.8. The van der Waals surface area contributed by atoms with Crippen molar-refractivity contribution in [1.29, 1.82) is 0 Å². The Morgan fingerprint density at radius 1 is 1.32 bits per heavy atom. The molecule has 1 heterocycles. The van der Waals surface area contributed by atoms with E-state index in [0.29, 0.717) is 5.56 Å². The Morgan fingerprint density at radius 2 is 1.95 bits per heavy atom. The summed E-state index contributed by atoms with van der Waals surface area (Å²) in [5.74, 6) is -1.31. The number of nitrogens with zero attached hydrogens (tertiary/aromatic N) is 1. The monoisotopic (exact) mass is 308 g/mol. The van der Waals surface area contributed by atoms with E-state index in [1.807, 2.05) is 0 Å². The molecule has 22 heavy (non-hydrogen) atoms. The van der Waals surface area contributed by atoms with Gasteiger partial charge in [-0.1, -0.05) is 16.9 Å². The minimum Gasteiger partial charge on any atom is -0.421 e. The van der Waals surface area contributed by atoms with Crippen molar-refractivity contribution in [2.45, 2.75) is 6.54 Å². The van der Waals surface area contributed by atoms with Gasteiger partial charge in [-0.25, -0.2) is 9.18 Å². The van der Waals surface area contributed by atoms with E-state index in [9.17, 15) is 24.0 Å². The van der Waals surface area contributed by atoms with Crippen LogP contribution >= 0.6 is 0 Å². The van der Waals surface area contributed by atoms with E-state index in [-0.39, 0.29) is 17.1 Å². The number of amides is 1. The van der Waals surface area contributed by atoms with Gasteiger partial charge in [0.1, 0.15) is 17.2 Å². The molecule has 0 fully saturated rings. The molecular weight excluding hydrogens is 295 g/mol. The summed E-state index contributed by atoms with van der Waals surface area (Å²) in [5, 5.41) is 14.2. The summed E-state index contributed by atoms with van der Waals surface area (Å²) in [7, 11) is 1.41. The molecule has 0 atom stereocenters. The van der Waals surface area contributed by atoms with Gasteiger partial charge in [-0.2, -0.15) is 0 Å². The van der Waals surface area contributed by atoms with Crippen LogP contribution in [0, 0.1) is 5.82 Å². The topological polar surface area (TPSA) is 116 Å². The number of hydrogen-bond acceptors (Lipinski definition) is 5. The predicted octanol–water partition coefficient (Wildman–Crippen LogP) is -0.115. The first-order valence-corrected chi connectivity index (χ1v) is 6.23. The molecule has 9 heteroatoms. The van der Waals surface area contributed by atoms with E-state index in [1.54, 1.807) is 0 Å². The van der Waals surface area contributed by atoms with Gasteiger partial charge in [-0.15, -0.1) is 0 Å². The zero-order valence-electron chi connectivity index (χ0n) is 11.5. The maximum absolute atomic E-state index is 12.8. The van der Waals surface area contributed by atoms with Crippen molar-refractivity contribution in [2.24, 2.45) is 0 Å². The first-order valence-electron chi connectivity index (χ1n) is 6.23. The van der Waals surface area contributed by atoms with Gasteiger partial charge in [-0.3, -0.25) is 14.6 Å². The largest absolute Gasteiger partial charge is 0.421 e. The van der Waals surface area contributed by atoms with Crippen LogP contribution in [0.15, 0.2) is 33.9 Å². The van der Waals surface area contributed by atoms with Gasteiger partial charge in [0, 0.05) is 13.6 Å². The van der Waals surface area contributed by atoms with Crippen LogP contribution in [0.5, 0.6) is 0 Å². The van der Waals surface area contributed by atoms with Crippen LogP contribution in [0.25, 0.3) is 0 Å². The Labute approximate surface area is 123 Å². The Kier molecular flexibility index (Phi) is 4.25. The molecule has 2 rings (SSSR count). The van der Waals surface area contributed by atoms with Gasteiger partial charge >= 0.3 is 11.2 Å². The molecule has 1 amide bonds. The molecule has 0 aliphatic rings. The molecule has 1 aromatic heterocycles. The van der Waals surface area contributed by atoms with E-state index in [2.05, 4.69) is 15.6 Å². The molecule has 0 aliphatic heterocycles. The molecule has 0 unspecified atom stereocenters. The summed E-state index contributed by atoms with van der Waals surface area (Å²) >= 11 is 0. The lowest BCUT2D eigenvalue weighted by Gasteiger charge is -2.09. The molecule has 0 aliphatic carbocycles. The molecule has 0 saturated carbocycles. The van der Waals surface area contributed by atoms with Crippen LogP contribution in [-0.2, 0) is 6.54 Å². The molecular formula is C13H13FN4O4. The Balaban J connectivity index is 2.26. The van der Waals surface area contributed by atoms with Crippen molar-refractivity contribution < 1.29 is 14.4 Å². The number of nitrogens with one attached hydrogen (secondary N) is 3. The van der Waals surface area contributed by atoms with Crippen molar-refractivity contribution in [1.82, 2.24) is 15.0 Å². The number of carbonyl (C=O) groups excluding carboxylic acids is 1. The average molecular weight is 308 g/mol. The maximum Gasteiger partial charge on any atom is 0.363 e. The summed E-state index contributed by atoms with van der Waals surface area (Å²) in [6.07, 6.45) is 0. The second-order valence-electron chi connectivity index (χ2n) is 4.36. The summed E-state index contributed by atoms with van der Waals surface area (Å²) < 4.78 is 12.6. The molecule has 4 N–H and O–H groups in total. The summed E-state index contributed by atoms with van der Waals surface area (Å²) in [5.41, 5.74) is -2.03. The van der Waals surface area contributed by atoms with E-state index >= 15 is 0 Å². The van der Waals surface area contributed by atoms with Gasteiger partial charge in [-0.05, 0) is 17.7 Å². The minimum absolute atomic E-state index is 0.0479. The van der Waals surface area contributed by atoms with Crippen LogP contribution in [0.2, 0.25) is 0 Å². The molecule has 0 saturated heterocycles. The van der Waals surface area contributed by atoms with Crippen molar-refractivity contribution in [3.05, 3.63) is 62.0 Å². The molecule has 0 spiro atoms. The smallest absolute Gasteiger partial charge is 0.363 e. The summed E-state index contributed by atoms with van der Waals surface area (Å²) in [6.45, 7) is 0.0479. The van der Waals surface area contributed by atoms with Crippen molar-refractivity contribution in [3.63, 3.8) is 0 Å². The van der Waals surface area contributed by atoms with E-state index < -0.39 is 28.5 Å². The Hall–Kier alpha value is -3.10. The average Bonchev–Trinajstić information content (AvgIpc) is 2.51. The van der Waals surface area contributed by atoms with Gasteiger partial charge in [0.05, 0.1) is 0 Å². The highest BCUT2D eigenvalue weighted by molar-refractivity contribution is 5.98. The summed E-state index contributed by atoms with van der Waals surface area (Å²) in [6, 6.07) is 5.43. The van der Waals surface area contributed by atoms with E-state index in [4.69, 9.17) is 0 Å². The molecule has 1 aromatic carbocycles. The molecule has 2 aromatic rings. The van der Waals surface area contributed by atoms with E-state index in [0.717, 1.165) is 0 Å². The Morgan fingerprint density at radius 3 is 2.55 bits per heavy atom. The summed E-state index contributed by atoms with van der Waals surface area (Å²) in [4.78, 5) is 37.3. The number of halogens is 1. The normalized spacial score (nSPS) is 10.3. The van der Waals surface area contributed by atoms with Gasteiger partial charge in [0.25, 0.3) is 5.91 Å². The number of rotatable bonds is 4. The molecule has 0 radical (unpaired) electrons. The number of carbonyl (C=O) groups is 1. The molecule has 0 bridgehead atoms. The van der Waals surface area contributed by atoms with Crippen molar-refractivity contribution >= 4 is 11.7 Å². The molecule has 116 valence electrons. The number of aromatic amines is 1. The zero-order valence-corrected chi connectivity index (χ0v) is 11.5. The third-order valence-corrected chi connectivity index (χ3v) is 2.92. The van der Waals surface area contributed by atoms with Crippen LogP contribution in [0.1, 0.15) is 15.9 Å². The van der Waals surface area contributed by atoms with E-state index in [1.165, 1.54) is 31.3 Å². The van der Waals surface area contributed by atoms with Crippen LogP contribution in [0.3, 0.4) is 0 Å². The van der Waals surface area contributed by atoms with Crippen molar-refractivity contribution in [2.75, 3.05) is 12.4 Å². The standard InChI is InChI=1S/C13H13FN4O4/c1-15-10-9(12(20)18(22)13(21)17-10)11(19)16-6-7-2-4-8(14)5-3-7/h2-5,15,22H,6H2,1H3,(H,16,19)(H,17,21). The number of H-pyrrole nitrogens is 1. The third kappa shape index (κ3) is 2.97. The highest BCUT2D eigenvalue weighted by Gasteiger charge is 2.19. The fourth-order valence-corrected chi connectivity index (χ4v) is 1.80. The lowest BCUT2D eigenvalue weighted by Crippen LogP contribution is -2.40. The number of hydrogen-bond donors (Lipinski definition) is 4. The van der Waals surface area contributed by atoms with Gasteiger partial charge in [0.2, 0.25) is 0 Å². The van der Waals surface area contributed by atoms with Crippen molar-refractivity contribution in [3.8, 4) is 0 Å². The second-order valence-corrected chi connectivity index (χ2v) is 4.36. The minimum atomic E-state index is -1.15. The van der Waals surface area contributed by atoms with Crippen LogP contribution in [0.4, 0.5) is 10.2 Å². The lowest BCUT2D eigenvalue weighted by atomic mass is 10.2. The zero-order chi connectivity index (χ0) is 16.3. The number of benzene rings is 1. The first kappa shape index (κ1) is 15.3. The Bertz CT molecular complexity index is 810. The third-order valence-electron chi connectivity index (χ3n) is 2.92. The first-order chi connectivity index (χ1) is 10.4. The van der Waals surface area contributed by atoms with Gasteiger partial charge < -0.3 is 15.8 Å². The highest BCUT2D eigenvalue weighted by Crippen LogP contribution is 2.06. The fraction of sp³-hybridized carbons (Fsp3) is 0.154. The predicted molar refractivity (Wildman–Crippen MR) is 75.6 cm³/mol. The quantitative estimate of drug-likeness (QED) is 0.588. The van der Waals surface area contributed by atoms with Gasteiger partial charge in [0.15, 0.2) is 0 Å². The SMILES string of the molecule is CNc1[nH]c(=O)n(O)c(=O)c1C(=O)NCc1ccc(F)cc1. The van der Waals surface area contributed by atoms with Crippen LogP contribution in [-0.4, -0.2) is 27.9 Å². The number of anilines is 1.